The van der Waals surface area contributed by atoms with Gasteiger partial charge in [-0.1, -0.05) is 121 Å². The number of hydrogen-bond acceptors (Lipinski definition) is 2. The summed E-state index contributed by atoms with van der Waals surface area (Å²) in [7, 11) is 0. The second-order valence-corrected chi connectivity index (χ2v) is 12.5. The molecule has 10 aromatic rings. The van der Waals surface area contributed by atoms with E-state index in [-0.39, 0.29) is 0 Å². The van der Waals surface area contributed by atoms with E-state index in [0.717, 1.165) is 44.7 Å². The molecule has 0 radical (unpaired) electrons. The lowest BCUT2D eigenvalue weighted by atomic mass is 9.93. The van der Waals surface area contributed by atoms with Crippen LogP contribution in [0.5, 0.6) is 0 Å². The molecule has 0 amide bonds. The fraction of sp³-hybridized carbons (Fsp3) is 0. The van der Waals surface area contributed by atoms with Gasteiger partial charge in [0.15, 0.2) is 5.58 Å². The van der Waals surface area contributed by atoms with Crippen LogP contribution in [-0.2, 0) is 0 Å². The number of benzene rings is 8. The fourth-order valence-electron chi connectivity index (χ4n) is 7.73. The zero-order chi connectivity index (χ0) is 32.3. The minimum atomic E-state index is 0.871. The SMILES string of the molecule is c1ccc(N(c2ccccc2)c2cccc3c2oc2ccc4c(-c5cccc6c5c5ccccc5n6-c5ccccc5)cccc4c23)cc1. The van der Waals surface area contributed by atoms with Gasteiger partial charge in [-0.05, 0) is 82.6 Å². The molecule has 10 rings (SSSR count). The van der Waals surface area contributed by atoms with Crippen LogP contribution < -0.4 is 4.90 Å². The van der Waals surface area contributed by atoms with Crippen LogP contribution >= 0.6 is 0 Å². The molecule has 0 bridgehead atoms. The Morgan fingerprint density at radius 3 is 1.76 bits per heavy atom. The predicted molar refractivity (Wildman–Crippen MR) is 206 cm³/mol. The quantitative estimate of drug-likeness (QED) is 0.190. The maximum absolute atomic E-state index is 6.80. The van der Waals surface area contributed by atoms with Crippen molar-refractivity contribution in [1.82, 2.24) is 4.57 Å². The third-order valence-electron chi connectivity index (χ3n) is 9.77. The van der Waals surface area contributed by atoms with E-state index in [9.17, 15) is 0 Å². The van der Waals surface area contributed by atoms with Crippen LogP contribution in [-0.4, -0.2) is 4.57 Å². The smallest absolute Gasteiger partial charge is 0.159 e. The Labute approximate surface area is 283 Å². The Bertz CT molecular complexity index is 2770. The van der Waals surface area contributed by atoms with Crippen LogP contribution in [0.4, 0.5) is 17.1 Å². The summed E-state index contributed by atoms with van der Waals surface area (Å²) in [6.45, 7) is 0. The minimum Gasteiger partial charge on any atom is -0.454 e. The average Bonchev–Trinajstić information content (AvgIpc) is 3.73. The largest absolute Gasteiger partial charge is 0.454 e. The van der Waals surface area contributed by atoms with Crippen LogP contribution in [0.15, 0.2) is 186 Å². The molecule has 2 heterocycles. The molecule has 49 heavy (non-hydrogen) atoms. The second-order valence-electron chi connectivity index (χ2n) is 12.5. The lowest BCUT2D eigenvalue weighted by molar-refractivity contribution is 0.669. The van der Waals surface area contributed by atoms with Crippen molar-refractivity contribution < 1.29 is 4.42 Å². The zero-order valence-corrected chi connectivity index (χ0v) is 26.6. The van der Waals surface area contributed by atoms with Crippen molar-refractivity contribution in [2.45, 2.75) is 0 Å². The van der Waals surface area contributed by atoms with E-state index in [1.165, 1.54) is 43.7 Å². The van der Waals surface area contributed by atoms with Crippen LogP contribution in [0.2, 0.25) is 0 Å². The van der Waals surface area contributed by atoms with Crippen molar-refractivity contribution in [2.75, 3.05) is 4.90 Å². The molecule has 0 aliphatic carbocycles. The summed E-state index contributed by atoms with van der Waals surface area (Å²) in [5, 5.41) is 7.13. The van der Waals surface area contributed by atoms with Crippen molar-refractivity contribution in [3.8, 4) is 16.8 Å². The minimum absolute atomic E-state index is 0.871. The van der Waals surface area contributed by atoms with Gasteiger partial charge in [0.2, 0.25) is 0 Å². The summed E-state index contributed by atoms with van der Waals surface area (Å²) in [4.78, 5) is 2.28. The third-order valence-corrected chi connectivity index (χ3v) is 9.77. The van der Waals surface area contributed by atoms with Crippen LogP contribution in [0, 0.1) is 0 Å². The number of rotatable bonds is 5. The summed E-state index contributed by atoms with van der Waals surface area (Å²) in [6, 6.07) is 64.7. The number of anilines is 3. The van der Waals surface area contributed by atoms with E-state index in [1.54, 1.807) is 0 Å². The molecule has 2 aromatic heterocycles. The lowest BCUT2D eigenvalue weighted by Crippen LogP contribution is -2.09. The van der Waals surface area contributed by atoms with Gasteiger partial charge < -0.3 is 13.9 Å². The first-order valence-corrected chi connectivity index (χ1v) is 16.7. The number of para-hydroxylation sites is 5. The normalized spacial score (nSPS) is 11.7. The van der Waals surface area contributed by atoms with E-state index >= 15 is 0 Å². The standard InChI is InChI=1S/C46H30N2O/c1-4-15-31(16-5-1)47(32-17-6-2-7-18-32)42-28-14-25-39-45-37-23-12-22-34(35(37)29-30-43(45)49-46(39)42)36-24-13-27-41-44(36)38-21-10-11-26-40(38)48(41)33-19-8-3-9-20-33/h1-30H. The van der Waals surface area contributed by atoms with Crippen molar-refractivity contribution in [3.05, 3.63) is 182 Å². The van der Waals surface area contributed by atoms with E-state index in [4.69, 9.17) is 4.42 Å². The van der Waals surface area contributed by atoms with Gasteiger partial charge in [0, 0.05) is 38.6 Å². The first-order chi connectivity index (χ1) is 24.3. The molecule has 0 aliphatic rings. The van der Waals surface area contributed by atoms with Crippen LogP contribution in [0.3, 0.4) is 0 Å². The summed E-state index contributed by atoms with van der Waals surface area (Å²) >= 11 is 0. The number of nitrogens with zero attached hydrogens (tertiary/aromatic N) is 2. The van der Waals surface area contributed by atoms with Gasteiger partial charge in [-0.15, -0.1) is 0 Å². The summed E-state index contributed by atoms with van der Waals surface area (Å²) in [6.07, 6.45) is 0. The number of hydrogen-bond donors (Lipinski definition) is 0. The van der Waals surface area contributed by atoms with Crippen molar-refractivity contribution >= 4 is 71.6 Å². The van der Waals surface area contributed by atoms with Crippen molar-refractivity contribution in [1.29, 1.82) is 0 Å². The molecule has 0 fully saturated rings. The number of aromatic nitrogens is 1. The van der Waals surface area contributed by atoms with Gasteiger partial charge in [0.25, 0.3) is 0 Å². The van der Waals surface area contributed by atoms with Crippen LogP contribution in [0.1, 0.15) is 0 Å². The van der Waals surface area contributed by atoms with Crippen molar-refractivity contribution in [3.63, 3.8) is 0 Å². The fourth-order valence-corrected chi connectivity index (χ4v) is 7.73. The molecule has 0 atom stereocenters. The van der Waals surface area contributed by atoms with E-state index < -0.39 is 0 Å². The highest BCUT2D eigenvalue weighted by Gasteiger charge is 2.22. The average molecular weight is 627 g/mol. The van der Waals surface area contributed by atoms with Gasteiger partial charge in [-0.2, -0.15) is 0 Å². The summed E-state index contributed by atoms with van der Waals surface area (Å²) in [5.74, 6) is 0. The molecule has 0 spiro atoms. The molecule has 3 heteroatoms. The van der Waals surface area contributed by atoms with E-state index in [2.05, 4.69) is 191 Å². The first-order valence-electron chi connectivity index (χ1n) is 16.7. The number of furan rings is 1. The molecular formula is C46H30N2O. The highest BCUT2D eigenvalue weighted by molar-refractivity contribution is 6.24. The molecule has 0 aliphatic heterocycles. The third kappa shape index (κ3) is 4.23. The zero-order valence-electron chi connectivity index (χ0n) is 26.6. The topological polar surface area (TPSA) is 21.3 Å². The second kappa shape index (κ2) is 11.0. The number of fused-ring (bicyclic) bond motifs is 8. The van der Waals surface area contributed by atoms with Gasteiger partial charge in [-0.3, -0.25) is 0 Å². The molecule has 0 N–H and O–H groups in total. The molecule has 0 unspecified atom stereocenters. The van der Waals surface area contributed by atoms with Gasteiger partial charge in [-0.25, -0.2) is 0 Å². The molecule has 0 saturated carbocycles. The molecule has 230 valence electrons. The summed E-state index contributed by atoms with van der Waals surface area (Å²) in [5.41, 5.74) is 10.9. The van der Waals surface area contributed by atoms with Crippen LogP contribution in [0.25, 0.3) is 71.3 Å². The molecule has 8 aromatic carbocycles. The van der Waals surface area contributed by atoms with Gasteiger partial charge >= 0.3 is 0 Å². The van der Waals surface area contributed by atoms with E-state index in [0.29, 0.717) is 0 Å². The Morgan fingerprint density at radius 2 is 0.980 bits per heavy atom. The maximum Gasteiger partial charge on any atom is 0.159 e. The predicted octanol–water partition coefficient (Wildman–Crippen LogP) is 13.0. The highest BCUT2D eigenvalue weighted by Crippen LogP contribution is 2.46. The first kappa shape index (κ1) is 27.5. The Kier molecular flexibility index (Phi) is 6.18. The molecular weight excluding hydrogens is 597 g/mol. The monoisotopic (exact) mass is 626 g/mol. The molecule has 3 nitrogen and oxygen atoms in total. The highest BCUT2D eigenvalue weighted by atomic mass is 16.3. The Hall–Kier alpha value is -6.58. The Balaban J connectivity index is 1.23. The summed E-state index contributed by atoms with van der Waals surface area (Å²) < 4.78 is 9.18. The lowest BCUT2D eigenvalue weighted by Gasteiger charge is -2.25. The van der Waals surface area contributed by atoms with Gasteiger partial charge in [0.05, 0.1) is 16.7 Å². The van der Waals surface area contributed by atoms with Gasteiger partial charge in [0.1, 0.15) is 5.58 Å². The maximum atomic E-state index is 6.80. The Morgan fingerprint density at radius 1 is 0.388 bits per heavy atom. The van der Waals surface area contributed by atoms with Crippen molar-refractivity contribution in [2.24, 2.45) is 0 Å². The van der Waals surface area contributed by atoms with E-state index in [1.807, 2.05) is 0 Å². The molecule has 0 saturated heterocycles.